The molecule has 1 aliphatic rings. The quantitative estimate of drug-likeness (QED) is 0.890. The number of aliphatic hydroxyl groups is 1. The zero-order chi connectivity index (χ0) is 16.6. The molecule has 1 fully saturated rings. The van der Waals surface area contributed by atoms with Gasteiger partial charge in [0.25, 0.3) is 0 Å². The van der Waals surface area contributed by atoms with Gasteiger partial charge in [-0.25, -0.2) is 0 Å². The fraction of sp³-hybridized carbons (Fsp3) is 0.556. The van der Waals surface area contributed by atoms with Crippen LogP contribution in [0, 0.1) is 13.8 Å². The maximum atomic E-state index is 10.5. The van der Waals surface area contributed by atoms with Crippen LogP contribution in [0.25, 0.3) is 0 Å². The molecular formula is C18H26N4O. The Morgan fingerprint density at radius 1 is 1.22 bits per heavy atom. The molecule has 23 heavy (non-hydrogen) atoms. The number of aliphatic hydroxyl groups excluding tert-OH is 1. The first-order chi connectivity index (χ1) is 10.9. The van der Waals surface area contributed by atoms with Crippen LogP contribution in [0.1, 0.15) is 53.2 Å². The molecule has 2 aromatic rings. The average molecular weight is 314 g/mol. The minimum absolute atomic E-state index is 0.491. The third kappa shape index (κ3) is 3.79. The maximum absolute atomic E-state index is 10.5. The van der Waals surface area contributed by atoms with E-state index in [4.69, 9.17) is 0 Å². The van der Waals surface area contributed by atoms with Crippen molar-refractivity contribution in [3.8, 4) is 0 Å². The fourth-order valence-corrected chi connectivity index (χ4v) is 3.12. The highest BCUT2D eigenvalue weighted by atomic mass is 16.3. The molecular weight excluding hydrogens is 288 g/mol. The molecule has 1 aromatic carbocycles. The van der Waals surface area contributed by atoms with Gasteiger partial charge in [0.15, 0.2) is 0 Å². The van der Waals surface area contributed by atoms with Crippen LogP contribution in [-0.2, 0) is 13.6 Å². The Balaban J connectivity index is 1.63. The summed E-state index contributed by atoms with van der Waals surface area (Å²) in [6.07, 6.45) is 1.97. The summed E-state index contributed by atoms with van der Waals surface area (Å²) in [4.78, 5) is 2.10. The normalized spacial score (nSPS) is 16.1. The van der Waals surface area contributed by atoms with Crippen LogP contribution >= 0.6 is 0 Å². The summed E-state index contributed by atoms with van der Waals surface area (Å²) >= 11 is 0. The van der Waals surface area contributed by atoms with Gasteiger partial charge < -0.3 is 9.67 Å². The number of rotatable bonds is 6. The molecule has 1 heterocycles. The second-order valence-electron chi connectivity index (χ2n) is 6.94. The van der Waals surface area contributed by atoms with Crippen molar-refractivity contribution in [2.24, 2.45) is 7.05 Å². The summed E-state index contributed by atoms with van der Waals surface area (Å²) in [5.74, 6) is 2.66. The number of aromatic nitrogens is 3. The Kier molecular flexibility index (Phi) is 4.50. The molecule has 0 radical (unpaired) electrons. The van der Waals surface area contributed by atoms with E-state index < -0.39 is 6.10 Å². The van der Waals surface area contributed by atoms with Gasteiger partial charge >= 0.3 is 0 Å². The molecule has 1 saturated carbocycles. The number of aryl methyl sites for hydroxylation is 2. The molecule has 0 bridgehead atoms. The topological polar surface area (TPSA) is 54.2 Å². The van der Waals surface area contributed by atoms with Crippen LogP contribution in [0.15, 0.2) is 18.2 Å². The van der Waals surface area contributed by atoms with Gasteiger partial charge in [0.05, 0.1) is 12.6 Å². The highest BCUT2D eigenvalue weighted by Gasteiger charge is 2.29. The molecule has 1 aliphatic carbocycles. The van der Waals surface area contributed by atoms with Crippen molar-refractivity contribution in [3.63, 3.8) is 0 Å². The molecule has 1 atom stereocenters. The van der Waals surface area contributed by atoms with Gasteiger partial charge in [-0.3, -0.25) is 4.90 Å². The van der Waals surface area contributed by atoms with E-state index >= 15 is 0 Å². The van der Waals surface area contributed by atoms with Gasteiger partial charge in [0, 0.05) is 19.5 Å². The van der Waals surface area contributed by atoms with Crippen LogP contribution in [0.3, 0.4) is 0 Å². The largest absolute Gasteiger partial charge is 0.387 e. The molecule has 0 spiro atoms. The Hall–Kier alpha value is -1.72. The molecule has 0 aliphatic heterocycles. The Labute approximate surface area is 138 Å². The van der Waals surface area contributed by atoms with E-state index in [0.717, 1.165) is 17.2 Å². The first kappa shape index (κ1) is 16.1. The van der Waals surface area contributed by atoms with Crippen molar-refractivity contribution in [2.45, 2.75) is 45.3 Å². The molecule has 3 rings (SSSR count). The lowest BCUT2D eigenvalue weighted by Crippen LogP contribution is -2.25. The minimum atomic E-state index is -0.491. The highest BCUT2D eigenvalue weighted by Crippen LogP contribution is 2.38. The summed E-state index contributed by atoms with van der Waals surface area (Å²) in [5.41, 5.74) is 3.35. The summed E-state index contributed by atoms with van der Waals surface area (Å²) in [5, 5.41) is 19.1. The molecule has 0 saturated heterocycles. The molecule has 124 valence electrons. The summed E-state index contributed by atoms with van der Waals surface area (Å²) in [6.45, 7) is 5.39. The lowest BCUT2D eigenvalue weighted by Gasteiger charge is -2.21. The molecule has 5 heteroatoms. The van der Waals surface area contributed by atoms with Crippen molar-refractivity contribution in [3.05, 3.63) is 46.5 Å². The third-order valence-electron chi connectivity index (χ3n) is 4.47. The van der Waals surface area contributed by atoms with Crippen molar-refractivity contribution < 1.29 is 5.11 Å². The second kappa shape index (κ2) is 6.42. The van der Waals surface area contributed by atoms with Crippen molar-refractivity contribution in [1.29, 1.82) is 0 Å². The maximum Gasteiger partial charge on any atom is 0.146 e. The van der Waals surface area contributed by atoms with Crippen LogP contribution < -0.4 is 0 Å². The van der Waals surface area contributed by atoms with Crippen LogP contribution in [0.4, 0.5) is 0 Å². The molecule has 0 amide bonds. The Morgan fingerprint density at radius 3 is 2.48 bits per heavy atom. The van der Waals surface area contributed by atoms with Gasteiger partial charge in [-0.2, -0.15) is 0 Å². The zero-order valence-electron chi connectivity index (χ0n) is 14.5. The van der Waals surface area contributed by atoms with Gasteiger partial charge in [0.2, 0.25) is 0 Å². The first-order valence-electron chi connectivity index (χ1n) is 8.27. The number of hydrogen-bond acceptors (Lipinski definition) is 4. The van der Waals surface area contributed by atoms with Crippen molar-refractivity contribution in [1.82, 2.24) is 19.7 Å². The van der Waals surface area contributed by atoms with E-state index in [1.807, 2.05) is 14.1 Å². The predicted molar refractivity (Wildman–Crippen MR) is 90.2 cm³/mol. The lowest BCUT2D eigenvalue weighted by molar-refractivity contribution is 0.122. The Bertz CT molecular complexity index is 670. The monoisotopic (exact) mass is 314 g/mol. The lowest BCUT2D eigenvalue weighted by atomic mass is 10.0. The smallest absolute Gasteiger partial charge is 0.146 e. The van der Waals surface area contributed by atoms with Gasteiger partial charge in [-0.1, -0.05) is 29.3 Å². The van der Waals surface area contributed by atoms with Gasteiger partial charge in [-0.05, 0) is 39.3 Å². The molecule has 1 unspecified atom stereocenters. The van der Waals surface area contributed by atoms with Crippen molar-refractivity contribution in [2.75, 3.05) is 13.6 Å². The SMILES string of the molecule is Cc1cc(C)cc(C(O)CN(C)Cc2nnc(C3CC3)n2C)c1. The summed E-state index contributed by atoms with van der Waals surface area (Å²) in [6, 6.07) is 6.23. The summed E-state index contributed by atoms with van der Waals surface area (Å²) < 4.78 is 2.11. The fourth-order valence-electron chi connectivity index (χ4n) is 3.12. The minimum Gasteiger partial charge on any atom is -0.387 e. The van der Waals surface area contributed by atoms with E-state index in [-0.39, 0.29) is 0 Å². The number of nitrogens with zero attached hydrogens (tertiary/aromatic N) is 4. The van der Waals surface area contributed by atoms with Gasteiger partial charge in [0.1, 0.15) is 11.6 Å². The number of likely N-dealkylation sites (N-methyl/N-ethyl adjacent to an activating group) is 1. The second-order valence-corrected chi connectivity index (χ2v) is 6.94. The molecule has 5 nitrogen and oxygen atoms in total. The summed E-state index contributed by atoms with van der Waals surface area (Å²) in [7, 11) is 4.05. The van der Waals surface area contributed by atoms with E-state index in [1.165, 1.54) is 24.0 Å². The highest BCUT2D eigenvalue weighted by molar-refractivity contribution is 5.30. The van der Waals surface area contributed by atoms with Crippen LogP contribution in [-0.4, -0.2) is 38.4 Å². The third-order valence-corrected chi connectivity index (χ3v) is 4.47. The van der Waals surface area contributed by atoms with E-state index in [2.05, 4.69) is 51.7 Å². The van der Waals surface area contributed by atoms with E-state index in [1.54, 1.807) is 0 Å². The average Bonchev–Trinajstić information content (AvgIpc) is 3.24. The van der Waals surface area contributed by atoms with Gasteiger partial charge in [-0.15, -0.1) is 10.2 Å². The molecule has 1 N–H and O–H groups in total. The Morgan fingerprint density at radius 2 is 1.87 bits per heavy atom. The first-order valence-corrected chi connectivity index (χ1v) is 8.27. The van der Waals surface area contributed by atoms with Crippen LogP contribution in [0.2, 0.25) is 0 Å². The van der Waals surface area contributed by atoms with E-state index in [0.29, 0.717) is 19.0 Å². The molecule has 1 aromatic heterocycles. The predicted octanol–water partition coefficient (Wildman–Crippen LogP) is 2.47. The number of benzene rings is 1. The van der Waals surface area contributed by atoms with E-state index in [9.17, 15) is 5.11 Å². The van der Waals surface area contributed by atoms with Crippen molar-refractivity contribution >= 4 is 0 Å². The zero-order valence-corrected chi connectivity index (χ0v) is 14.5. The number of hydrogen-bond donors (Lipinski definition) is 1. The standard InChI is InChI=1S/C18H26N4O/c1-12-7-13(2)9-15(8-12)16(23)10-21(3)11-17-19-20-18(22(17)4)14-5-6-14/h7-9,14,16,23H,5-6,10-11H2,1-4H3. The van der Waals surface area contributed by atoms with Crippen LogP contribution in [0.5, 0.6) is 0 Å².